The van der Waals surface area contributed by atoms with Gasteiger partial charge in [-0.25, -0.2) is 8.42 Å². The van der Waals surface area contributed by atoms with Crippen molar-refractivity contribution in [3.05, 3.63) is 17.0 Å². The molecule has 1 rings (SSSR count). The van der Waals surface area contributed by atoms with Gasteiger partial charge in [-0.2, -0.15) is 5.10 Å². The highest BCUT2D eigenvalue weighted by Gasteiger charge is 2.16. The molecule has 7 heteroatoms. The second-order valence-electron chi connectivity index (χ2n) is 4.41. The summed E-state index contributed by atoms with van der Waals surface area (Å²) >= 11 is 0. The van der Waals surface area contributed by atoms with Gasteiger partial charge >= 0.3 is 0 Å². The van der Waals surface area contributed by atoms with E-state index in [0.717, 1.165) is 5.69 Å². The van der Waals surface area contributed by atoms with Crippen molar-refractivity contribution in [1.82, 2.24) is 15.1 Å². The van der Waals surface area contributed by atoms with Gasteiger partial charge in [-0.1, -0.05) is 0 Å². The van der Waals surface area contributed by atoms with Gasteiger partial charge in [0.25, 0.3) is 5.91 Å². The Labute approximate surface area is 107 Å². The van der Waals surface area contributed by atoms with Crippen LogP contribution in [0.15, 0.2) is 0 Å². The summed E-state index contributed by atoms with van der Waals surface area (Å²) in [5, 5.41) is 6.87. The monoisotopic (exact) mass is 273 g/mol. The number of aryl methyl sites for hydroxylation is 2. The Morgan fingerprint density at radius 3 is 2.44 bits per heavy atom. The predicted molar refractivity (Wildman–Crippen MR) is 69.3 cm³/mol. The van der Waals surface area contributed by atoms with E-state index >= 15 is 0 Å². The summed E-state index contributed by atoms with van der Waals surface area (Å²) in [6, 6.07) is 0. The minimum atomic E-state index is -2.97. The Kier molecular flexibility index (Phi) is 4.50. The third-order valence-electron chi connectivity index (χ3n) is 2.71. The first-order valence-corrected chi connectivity index (χ1v) is 7.74. The lowest BCUT2D eigenvalue weighted by Crippen LogP contribution is -2.26. The fraction of sp³-hybridized carbons (Fsp3) is 0.636. The molecule has 6 nitrogen and oxygen atoms in total. The highest BCUT2D eigenvalue weighted by molar-refractivity contribution is 7.90. The van der Waals surface area contributed by atoms with Crippen molar-refractivity contribution in [3.63, 3.8) is 0 Å². The fourth-order valence-electron chi connectivity index (χ4n) is 1.73. The van der Waals surface area contributed by atoms with Gasteiger partial charge in [-0.3, -0.25) is 9.48 Å². The highest BCUT2D eigenvalue weighted by Crippen LogP contribution is 2.11. The van der Waals surface area contributed by atoms with Crippen LogP contribution in [0, 0.1) is 13.8 Å². The minimum absolute atomic E-state index is 0.0816. The number of hydrogen-bond donors (Lipinski definition) is 1. The van der Waals surface area contributed by atoms with E-state index in [0.29, 0.717) is 24.2 Å². The molecule has 1 N–H and O–H groups in total. The average Bonchev–Trinajstić information content (AvgIpc) is 2.47. The smallest absolute Gasteiger partial charge is 0.255 e. The molecule has 0 aliphatic heterocycles. The van der Waals surface area contributed by atoms with E-state index in [4.69, 9.17) is 0 Å². The topological polar surface area (TPSA) is 81.1 Å². The van der Waals surface area contributed by atoms with E-state index in [1.165, 1.54) is 6.26 Å². The molecule has 0 atom stereocenters. The Balaban J connectivity index is 2.56. The SMILES string of the molecule is Cc1nn(C)c(C)c1C(=O)NCCCS(C)(=O)=O. The summed E-state index contributed by atoms with van der Waals surface area (Å²) in [5.41, 5.74) is 2.04. The van der Waals surface area contributed by atoms with Crippen LogP contribution in [-0.4, -0.2) is 42.7 Å². The van der Waals surface area contributed by atoms with Gasteiger partial charge in [-0.05, 0) is 20.3 Å². The van der Waals surface area contributed by atoms with Crippen LogP contribution in [0.2, 0.25) is 0 Å². The van der Waals surface area contributed by atoms with Crippen LogP contribution in [0.3, 0.4) is 0 Å². The quantitative estimate of drug-likeness (QED) is 0.777. The molecule has 0 aromatic carbocycles. The standard InChI is InChI=1S/C11H19N3O3S/c1-8-10(9(2)14(3)13-8)11(15)12-6-5-7-18(4,16)17/h5-7H2,1-4H3,(H,12,15). The van der Waals surface area contributed by atoms with E-state index < -0.39 is 9.84 Å². The number of nitrogens with one attached hydrogen (secondary N) is 1. The van der Waals surface area contributed by atoms with E-state index in [1.807, 2.05) is 6.92 Å². The predicted octanol–water partition coefficient (Wildman–Crippen LogP) is 0.201. The van der Waals surface area contributed by atoms with Crippen molar-refractivity contribution < 1.29 is 13.2 Å². The molecule has 18 heavy (non-hydrogen) atoms. The van der Waals surface area contributed by atoms with Crippen LogP contribution in [0.4, 0.5) is 0 Å². The number of rotatable bonds is 5. The Morgan fingerprint density at radius 2 is 2.00 bits per heavy atom. The molecule has 0 spiro atoms. The molecule has 0 saturated carbocycles. The molecule has 1 amide bonds. The summed E-state index contributed by atoms with van der Waals surface area (Å²) < 4.78 is 23.5. The first kappa shape index (κ1) is 14.7. The highest BCUT2D eigenvalue weighted by atomic mass is 32.2. The summed E-state index contributed by atoms with van der Waals surface area (Å²) in [5.74, 6) is -0.121. The Morgan fingerprint density at radius 1 is 1.39 bits per heavy atom. The van der Waals surface area contributed by atoms with Crippen molar-refractivity contribution in [1.29, 1.82) is 0 Å². The lowest BCUT2D eigenvalue weighted by molar-refractivity contribution is 0.0952. The summed E-state index contributed by atoms with van der Waals surface area (Å²) in [6.07, 6.45) is 1.60. The van der Waals surface area contributed by atoms with Crippen LogP contribution in [-0.2, 0) is 16.9 Å². The first-order chi connectivity index (χ1) is 8.22. The fourth-order valence-corrected chi connectivity index (χ4v) is 2.40. The van der Waals surface area contributed by atoms with E-state index in [9.17, 15) is 13.2 Å². The molecule has 0 fully saturated rings. The maximum absolute atomic E-state index is 11.9. The molecule has 0 aliphatic rings. The van der Waals surface area contributed by atoms with Crippen molar-refractivity contribution in [2.45, 2.75) is 20.3 Å². The number of hydrogen-bond acceptors (Lipinski definition) is 4. The van der Waals surface area contributed by atoms with E-state index in [2.05, 4.69) is 10.4 Å². The number of carbonyl (C=O) groups excluding carboxylic acids is 1. The molecule has 1 heterocycles. The largest absolute Gasteiger partial charge is 0.352 e. The third-order valence-corrected chi connectivity index (χ3v) is 3.74. The van der Waals surface area contributed by atoms with Crippen LogP contribution in [0.25, 0.3) is 0 Å². The van der Waals surface area contributed by atoms with Gasteiger partial charge in [0.15, 0.2) is 0 Å². The molecular formula is C11H19N3O3S. The second-order valence-corrected chi connectivity index (χ2v) is 6.67. The summed E-state index contributed by atoms with van der Waals surface area (Å²) in [6.45, 7) is 3.95. The Bertz CT molecular complexity index is 546. The molecule has 0 unspecified atom stereocenters. The maximum Gasteiger partial charge on any atom is 0.255 e. The summed E-state index contributed by atoms with van der Waals surface area (Å²) in [4.78, 5) is 11.9. The van der Waals surface area contributed by atoms with Crippen LogP contribution >= 0.6 is 0 Å². The number of amides is 1. The lowest BCUT2D eigenvalue weighted by atomic mass is 10.2. The Hall–Kier alpha value is -1.37. The molecule has 0 radical (unpaired) electrons. The number of nitrogens with zero attached hydrogens (tertiary/aromatic N) is 2. The van der Waals surface area contributed by atoms with Gasteiger partial charge in [-0.15, -0.1) is 0 Å². The van der Waals surface area contributed by atoms with Crippen molar-refractivity contribution in [3.8, 4) is 0 Å². The van der Waals surface area contributed by atoms with Crippen LogP contribution in [0.5, 0.6) is 0 Å². The summed E-state index contributed by atoms with van der Waals surface area (Å²) in [7, 11) is -1.19. The van der Waals surface area contributed by atoms with Crippen LogP contribution < -0.4 is 5.32 Å². The van der Waals surface area contributed by atoms with Gasteiger partial charge in [0.1, 0.15) is 9.84 Å². The average molecular weight is 273 g/mol. The van der Waals surface area contributed by atoms with E-state index in [-0.39, 0.29) is 11.7 Å². The first-order valence-electron chi connectivity index (χ1n) is 5.68. The van der Waals surface area contributed by atoms with Gasteiger partial charge in [0.05, 0.1) is 17.0 Å². The lowest BCUT2D eigenvalue weighted by Gasteiger charge is -2.05. The number of aromatic nitrogens is 2. The van der Waals surface area contributed by atoms with E-state index in [1.54, 1.807) is 18.7 Å². The molecule has 0 saturated heterocycles. The number of sulfone groups is 1. The van der Waals surface area contributed by atoms with Gasteiger partial charge in [0.2, 0.25) is 0 Å². The van der Waals surface area contributed by atoms with Gasteiger partial charge < -0.3 is 5.32 Å². The molecule has 0 bridgehead atoms. The zero-order valence-corrected chi connectivity index (χ0v) is 12.0. The number of carbonyl (C=O) groups is 1. The third kappa shape index (κ3) is 3.83. The zero-order valence-electron chi connectivity index (χ0n) is 11.1. The maximum atomic E-state index is 11.9. The molecule has 102 valence electrons. The normalized spacial score (nSPS) is 11.6. The molecule has 1 aromatic heterocycles. The molecule has 0 aliphatic carbocycles. The van der Waals surface area contributed by atoms with Crippen LogP contribution in [0.1, 0.15) is 28.2 Å². The minimum Gasteiger partial charge on any atom is -0.352 e. The van der Waals surface area contributed by atoms with Crippen molar-refractivity contribution >= 4 is 15.7 Å². The van der Waals surface area contributed by atoms with Gasteiger partial charge in [0, 0.05) is 25.5 Å². The zero-order chi connectivity index (χ0) is 13.9. The second kappa shape index (κ2) is 5.51. The molecule has 1 aromatic rings. The van der Waals surface area contributed by atoms with Crippen molar-refractivity contribution in [2.24, 2.45) is 7.05 Å². The molecular weight excluding hydrogens is 254 g/mol. The van der Waals surface area contributed by atoms with Crippen molar-refractivity contribution in [2.75, 3.05) is 18.6 Å².